The summed E-state index contributed by atoms with van der Waals surface area (Å²) in [6, 6.07) is 5.96. The van der Waals surface area contributed by atoms with E-state index in [9.17, 15) is 14.4 Å². The lowest BCUT2D eigenvalue weighted by Gasteiger charge is -2.39. The van der Waals surface area contributed by atoms with E-state index in [0.717, 1.165) is 44.5 Å². The molecular weight excluding hydrogens is 382 g/mol. The van der Waals surface area contributed by atoms with Crippen molar-refractivity contribution in [1.29, 1.82) is 0 Å². The van der Waals surface area contributed by atoms with Gasteiger partial charge in [-0.2, -0.15) is 0 Å². The molecule has 0 bridgehead atoms. The molecule has 2 N–H and O–H groups in total. The van der Waals surface area contributed by atoms with Crippen LogP contribution in [0.15, 0.2) is 18.2 Å². The van der Waals surface area contributed by atoms with Crippen LogP contribution in [0.4, 0.5) is 10.5 Å². The molecule has 1 unspecified atom stereocenters. The first-order valence-corrected chi connectivity index (χ1v) is 10.8. The van der Waals surface area contributed by atoms with Gasteiger partial charge in [0, 0.05) is 25.2 Å². The Balaban J connectivity index is 1.37. The predicted octanol–water partition coefficient (Wildman–Crippen LogP) is 3.02. The molecule has 4 rings (SSSR count). The number of rotatable bonds is 2. The number of hydrogen-bond acceptors (Lipinski definition) is 5. The summed E-state index contributed by atoms with van der Waals surface area (Å²) in [5, 5.41) is 5.68. The lowest BCUT2D eigenvalue weighted by atomic mass is 9.76. The van der Waals surface area contributed by atoms with Gasteiger partial charge >= 0.3 is 6.09 Å². The van der Waals surface area contributed by atoms with E-state index in [1.807, 2.05) is 31.7 Å². The second kappa shape index (κ2) is 7.60. The zero-order chi connectivity index (χ0) is 21.5. The highest BCUT2D eigenvalue weighted by Gasteiger charge is 2.41. The summed E-state index contributed by atoms with van der Waals surface area (Å²) in [6.45, 7) is 7.13. The zero-order valence-corrected chi connectivity index (χ0v) is 18.0. The fourth-order valence-corrected chi connectivity index (χ4v) is 4.80. The number of hydrogen-bond donors (Lipinski definition) is 2. The number of anilines is 1. The third-order valence-electron chi connectivity index (χ3n) is 6.39. The van der Waals surface area contributed by atoms with Crippen LogP contribution in [0.3, 0.4) is 0 Å². The average molecular weight is 414 g/mol. The van der Waals surface area contributed by atoms with Gasteiger partial charge in [-0.3, -0.25) is 14.9 Å². The number of amides is 3. The van der Waals surface area contributed by atoms with E-state index in [0.29, 0.717) is 12.8 Å². The van der Waals surface area contributed by atoms with Gasteiger partial charge in [-0.1, -0.05) is 6.07 Å². The molecular formula is C23H31N3O4. The van der Waals surface area contributed by atoms with Gasteiger partial charge in [0.05, 0.1) is 0 Å². The summed E-state index contributed by atoms with van der Waals surface area (Å²) in [5.74, 6) is -0.454. The Labute approximate surface area is 177 Å². The average Bonchev–Trinajstić information content (AvgIpc) is 3.00. The maximum atomic E-state index is 12.4. The van der Waals surface area contributed by atoms with Gasteiger partial charge in [-0.15, -0.1) is 0 Å². The van der Waals surface area contributed by atoms with E-state index in [1.165, 1.54) is 11.1 Å². The molecule has 2 saturated heterocycles. The van der Waals surface area contributed by atoms with Crippen molar-refractivity contribution in [2.75, 3.05) is 18.4 Å². The summed E-state index contributed by atoms with van der Waals surface area (Å²) in [7, 11) is 0. The predicted molar refractivity (Wildman–Crippen MR) is 113 cm³/mol. The Morgan fingerprint density at radius 3 is 2.53 bits per heavy atom. The van der Waals surface area contributed by atoms with Gasteiger partial charge in [-0.05, 0) is 81.5 Å². The standard InChI is InChI=1S/C23H31N3O4/c1-22(2,3)30-21(29)26-10-8-23(9-11-26)13-15-4-5-17(12-16(15)14-23)24-18-6-7-19(27)25-20(18)28/h4-5,12,18,24H,6-11,13-14H2,1-3H3,(H,25,27,28). The summed E-state index contributed by atoms with van der Waals surface area (Å²) in [5.41, 5.74) is 3.33. The molecule has 3 aliphatic rings. The van der Waals surface area contributed by atoms with Crippen molar-refractivity contribution in [2.45, 2.75) is 70.9 Å². The molecule has 1 spiro atoms. The second-order valence-electron chi connectivity index (χ2n) is 9.95. The Hall–Kier alpha value is -2.57. The van der Waals surface area contributed by atoms with Gasteiger partial charge in [0.1, 0.15) is 11.6 Å². The van der Waals surface area contributed by atoms with Crippen LogP contribution >= 0.6 is 0 Å². The highest BCUT2D eigenvalue weighted by molar-refractivity contribution is 6.01. The smallest absolute Gasteiger partial charge is 0.410 e. The number of ether oxygens (including phenoxy) is 1. The van der Waals surface area contributed by atoms with Crippen LogP contribution in [0.5, 0.6) is 0 Å². The van der Waals surface area contributed by atoms with Gasteiger partial charge < -0.3 is 15.0 Å². The van der Waals surface area contributed by atoms with E-state index >= 15 is 0 Å². The fourth-order valence-electron chi connectivity index (χ4n) is 4.80. The number of likely N-dealkylation sites (tertiary alicyclic amines) is 1. The van der Waals surface area contributed by atoms with Crippen LogP contribution in [-0.4, -0.2) is 47.5 Å². The van der Waals surface area contributed by atoms with Crippen LogP contribution in [0.1, 0.15) is 57.6 Å². The Morgan fingerprint density at radius 1 is 1.17 bits per heavy atom. The first-order valence-electron chi connectivity index (χ1n) is 10.8. The van der Waals surface area contributed by atoms with E-state index in [4.69, 9.17) is 4.74 Å². The second-order valence-corrected chi connectivity index (χ2v) is 9.95. The van der Waals surface area contributed by atoms with Crippen molar-refractivity contribution >= 4 is 23.6 Å². The van der Waals surface area contributed by atoms with E-state index in [-0.39, 0.29) is 29.4 Å². The van der Waals surface area contributed by atoms with Crippen LogP contribution in [0, 0.1) is 5.41 Å². The van der Waals surface area contributed by atoms with E-state index < -0.39 is 5.60 Å². The summed E-state index contributed by atoms with van der Waals surface area (Å²) in [4.78, 5) is 37.5. The lowest BCUT2D eigenvalue weighted by Crippen LogP contribution is -2.47. The number of nitrogens with one attached hydrogen (secondary N) is 2. The van der Waals surface area contributed by atoms with Crippen molar-refractivity contribution in [2.24, 2.45) is 5.41 Å². The van der Waals surface area contributed by atoms with Gasteiger partial charge in [-0.25, -0.2) is 4.79 Å². The monoisotopic (exact) mass is 413 g/mol. The topological polar surface area (TPSA) is 87.7 Å². The number of imide groups is 1. The van der Waals surface area contributed by atoms with Crippen LogP contribution in [0.25, 0.3) is 0 Å². The SMILES string of the molecule is CC(C)(C)OC(=O)N1CCC2(CC1)Cc1ccc(NC3CCC(=O)NC3=O)cc1C2. The molecule has 30 heavy (non-hydrogen) atoms. The van der Waals surface area contributed by atoms with Crippen molar-refractivity contribution in [3.63, 3.8) is 0 Å². The first-order chi connectivity index (χ1) is 14.1. The molecule has 1 aromatic rings. The molecule has 1 aromatic carbocycles. The fraction of sp³-hybridized carbons (Fsp3) is 0.609. The zero-order valence-electron chi connectivity index (χ0n) is 18.0. The van der Waals surface area contributed by atoms with Crippen molar-refractivity contribution in [3.05, 3.63) is 29.3 Å². The van der Waals surface area contributed by atoms with Crippen molar-refractivity contribution < 1.29 is 19.1 Å². The largest absolute Gasteiger partial charge is 0.444 e. The molecule has 0 radical (unpaired) electrons. The first kappa shape index (κ1) is 20.7. The normalized spacial score (nSPS) is 23.2. The number of benzene rings is 1. The maximum absolute atomic E-state index is 12.4. The summed E-state index contributed by atoms with van der Waals surface area (Å²) >= 11 is 0. The minimum absolute atomic E-state index is 0.202. The molecule has 0 aromatic heterocycles. The molecule has 3 amide bonds. The number of nitrogens with zero attached hydrogens (tertiary/aromatic N) is 1. The highest BCUT2D eigenvalue weighted by atomic mass is 16.6. The van der Waals surface area contributed by atoms with E-state index in [1.54, 1.807) is 0 Å². The minimum Gasteiger partial charge on any atom is -0.444 e. The molecule has 7 nitrogen and oxygen atoms in total. The van der Waals surface area contributed by atoms with Crippen LogP contribution in [-0.2, 0) is 27.2 Å². The molecule has 162 valence electrons. The third kappa shape index (κ3) is 4.45. The molecule has 2 aliphatic heterocycles. The lowest BCUT2D eigenvalue weighted by molar-refractivity contribution is -0.133. The molecule has 2 heterocycles. The summed E-state index contributed by atoms with van der Waals surface area (Å²) < 4.78 is 5.52. The molecule has 2 fully saturated rings. The van der Waals surface area contributed by atoms with Crippen LogP contribution in [0.2, 0.25) is 0 Å². The van der Waals surface area contributed by atoms with E-state index in [2.05, 4.69) is 22.8 Å². The molecule has 1 atom stereocenters. The van der Waals surface area contributed by atoms with Gasteiger partial charge in [0.15, 0.2) is 0 Å². The quantitative estimate of drug-likeness (QED) is 0.728. The van der Waals surface area contributed by atoms with Crippen molar-refractivity contribution in [3.8, 4) is 0 Å². The van der Waals surface area contributed by atoms with Crippen LogP contribution < -0.4 is 10.6 Å². The number of fused-ring (bicyclic) bond motifs is 1. The maximum Gasteiger partial charge on any atom is 0.410 e. The Kier molecular flexibility index (Phi) is 5.24. The highest BCUT2D eigenvalue weighted by Crippen LogP contribution is 2.45. The molecule has 7 heteroatoms. The number of carbonyl (C=O) groups is 3. The minimum atomic E-state index is -0.470. The molecule has 0 saturated carbocycles. The number of piperidine rings is 2. The Bertz CT molecular complexity index is 866. The third-order valence-corrected chi connectivity index (χ3v) is 6.39. The molecule has 1 aliphatic carbocycles. The van der Waals surface area contributed by atoms with Crippen molar-refractivity contribution in [1.82, 2.24) is 10.2 Å². The van der Waals surface area contributed by atoms with Gasteiger partial charge in [0.2, 0.25) is 11.8 Å². The summed E-state index contributed by atoms with van der Waals surface area (Å²) in [6.07, 6.45) is 4.63. The van der Waals surface area contributed by atoms with Gasteiger partial charge in [0.25, 0.3) is 0 Å². The number of carbonyl (C=O) groups excluding carboxylic acids is 3. The Morgan fingerprint density at radius 2 is 1.87 bits per heavy atom.